The van der Waals surface area contributed by atoms with Gasteiger partial charge < -0.3 is 9.73 Å². The van der Waals surface area contributed by atoms with E-state index in [1.54, 1.807) is 34.8 Å². The molecule has 142 valence electrons. The van der Waals surface area contributed by atoms with Gasteiger partial charge in [-0.25, -0.2) is 0 Å². The normalized spacial score (nSPS) is 16.3. The van der Waals surface area contributed by atoms with Gasteiger partial charge in [0.25, 0.3) is 5.91 Å². The number of nitrogens with one attached hydrogen (secondary N) is 1. The summed E-state index contributed by atoms with van der Waals surface area (Å²) in [5.74, 6) is 0.160. The molecule has 1 aliphatic heterocycles. The predicted octanol–water partition coefficient (Wildman–Crippen LogP) is 5.79. The van der Waals surface area contributed by atoms with E-state index in [0.717, 1.165) is 24.5 Å². The average molecular weight is 401 g/mol. The quantitative estimate of drug-likeness (QED) is 0.569. The van der Waals surface area contributed by atoms with E-state index in [1.165, 1.54) is 40.8 Å². The highest BCUT2D eigenvalue weighted by Crippen LogP contribution is 2.41. The van der Waals surface area contributed by atoms with E-state index in [9.17, 15) is 4.79 Å². The van der Waals surface area contributed by atoms with Crippen molar-refractivity contribution in [2.24, 2.45) is 0 Å². The van der Waals surface area contributed by atoms with E-state index in [2.05, 4.69) is 40.7 Å². The lowest BCUT2D eigenvalue weighted by atomic mass is 10.0. The Balaban J connectivity index is 1.70. The third-order valence-electron chi connectivity index (χ3n) is 5.00. The molecule has 0 saturated carbocycles. The van der Waals surface area contributed by atoms with E-state index in [1.807, 2.05) is 0 Å². The van der Waals surface area contributed by atoms with Crippen LogP contribution in [0.1, 0.15) is 58.1 Å². The number of carbonyl (C=O) groups is 1. The van der Waals surface area contributed by atoms with Crippen molar-refractivity contribution in [1.82, 2.24) is 4.90 Å². The summed E-state index contributed by atoms with van der Waals surface area (Å²) in [7, 11) is 0. The van der Waals surface area contributed by atoms with Gasteiger partial charge in [-0.1, -0.05) is 19.4 Å². The Bertz CT molecular complexity index is 862. The predicted molar refractivity (Wildman–Crippen MR) is 112 cm³/mol. The van der Waals surface area contributed by atoms with Crippen molar-refractivity contribution in [2.45, 2.75) is 38.6 Å². The average Bonchev–Trinajstić information content (AvgIpc) is 3.46. The van der Waals surface area contributed by atoms with Crippen LogP contribution in [0.15, 0.2) is 46.4 Å². The molecule has 4 nitrogen and oxygen atoms in total. The zero-order valence-corrected chi connectivity index (χ0v) is 17.1. The number of aryl methyl sites for hydroxylation is 1. The second kappa shape index (κ2) is 8.42. The first kappa shape index (κ1) is 18.5. The number of likely N-dealkylation sites (tertiary alicyclic amines) is 1. The largest absolute Gasteiger partial charge is 0.459 e. The van der Waals surface area contributed by atoms with Crippen LogP contribution in [0.3, 0.4) is 0 Å². The molecule has 0 aliphatic carbocycles. The number of thiophene rings is 2. The van der Waals surface area contributed by atoms with Gasteiger partial charge in [-0.3, -0.25) is 9.69 Å². The van der Waals surface area contributed by atoms with Gasteiger partial charge in [-0.15, -0.1) is 22.7 Å². The summed E-state index contributed by atoms with van der Waals surface area (Å²) in [4.78, 5) is 17.8. The van der Waals surface area contributed by atoms with Crippen LogP contribution in [-0.4, -0.2) is 23.9 Å². The van der Waals surface area contributed by atoms with Crippen molar-refractivity contribution in [1.29, 1.82) is 0 Å². The maximum absolute atomic E-state index is 12.6. The number of nitrogens with zero attached hydrogens (tertiary/aromatic N) is 1. The number of rotatable bonds is 6. The van der Waals surface area contributed by atoms with Crippen LogP contribution in [0.4, 0.5) is 5.00 Å². The zero-order chi connectivity index (χ0) is 18.6. The Kier molecular flexibility index (Phi) is 5.76. The Hall–Kier alpha value is -1.89. The second-order valence-electron chi connectivity index (χ2n) is 6.80. The highest BCUT2D eigenvalue weighted by molar-refractivity contribution is 7.16. The summed E-state index contributed by atoms with van der Waals surface area (Å²) < 4.78 is 5.27. The molecule has 3 aromatic rings. The molecule has 6 heteroatoms. The van der Waals surface area contributed by atoms with Gasteiger partial charge in [0.15, 0.2) is 5.76 Å². The molecule has 1 saturated heterocycles. The lowest BCUT2D eigenvalue weighted by molar-refractivity contribution is 0.0996. The molecule has 1 fully saturated rings. The molecule has 27 heavy (non-hydrogen) atoms. The van der Waals surface area contributed by atoms with Gasteiger partial charge in [0.05, 0.1) is 12.3 Å². The summed E-state index contributed by atoms with van der Waals surface area (Å²) in [5.41, 5.74) is 1.21. The topological polar surface area (TPSA) is 45.5 Å². The third-order valence-corrected chi connectivity index (χ3v) is 7.13. The number of amides is 1. The molecule has 1 atom stereocenters. The molecule has 4 rings (SSSR count). The van der Waals surface area contributed by atoms with Gasteiger partial charge in [-0.2, -0.15) is 0 Å². The lowest BCUT2D eigenvalue weighted by Gasteiger charge is -2.34. The number of furan rings is 1. The number of hydrogen-bond acceptors (Lipinski definition) is 5. The van der Waals surface area contributed by atoms with Crippen molar-refractivity contribution in [3.63, 3.8) is 0 Å². The van der Waals surface area contributed by atoms with Gasteiger partial charge >= 0.3 is 0 Å². The monoisotopic (exact) mass is 400 g/mol. The third kappa shape index (κ3) is 4.03. The number of hydrogen-bond donors (Lipinski definition) is 1. The van der Waals surface area contributed by atoms with Gasteiger partial charge in [0.2, 0.25) is 0 Å². The lowest BCUT2D eigenvalue weighted by Crippen LogP contribution is -2.34. The van der Waals surface area contributed by atoms with E-state index < -0.39 is 0 Å². The zero-order valence-electron chi connectivity index (χ0n) is 15.4. The van der Waals surface area contributed by atoms with Crippen molar-refractivity contribution in [2.75, 3.05) is 18.4 Å². The van der Waals surface area contributed by atoms with Crippen LogP contribution >= 0.6 is 22.7 Å². The summed E-state index contributed by atoms with van der Waals surface area (Å²) >= 11 is 3.47. The summed E-state index contributed by atoms with van der Waals surface area (Å²) in [6.45, 7) is 4.37. The van der Waals surface area contributed by atoms with Gasteiger partial charge in [0.1, 0.15) is 5.00 Å². The number of piperidine rings is 1. The van der Waals surface area contributed by atoms with Gasteiger partial charge in [-0.05, 0) is 62.0 Å². The van der Waals surface area contributed by atoms with Crippen molar-refractivity contribution in [3.05, 3.63) is 63.1 Å². The highest BCUT2D eigenvalue weighted by atomic mass is 32.1. The van der Waals surface area contributed by atoms with Crippen LogP contribution in [0, 0.1) is 0 Å². The Morgan fingerprint density at radius 1 is 1.26 bits per heavy atom. The van der Waals surface area contributed by atoms with Crippen molar-refractivity contribution < 1.29 is 9.21 Å². The molecule has 0 spiro atoms. The molecule has 1 aliphatic rings. The van der Waals surface area contributed by atoms with Gasteiger partial charge in [0, 0.05) is 15.3 Å². The number of carbonyl (C=O) groups excluding carboxylic acids is 1. The Morgan fingerprint density at radius 2 is 2.11 bits per heavy atom. The molecular weight excluding hydrogens is 376 g/mol. The Labute approximate surface area is 167 Å². The fourth-order valence-electron chi connectivity index (χ4n) is 3.66. The maximum atomic E-state index is 12.6. The van der Waals surface area contributed by atoms with Crippen LogP contribution < -0.4 is 5.32 Å². The number of anilines is 1. The van der Waals surface area contributed by atoms with Crippen LogP contribution in [0.5, 0.6) is 0 Å². The minimum atomic E-state index is -0.186. The first-order valence-electron chi connectivity index (χ1n) is 9.51. The molecule has 1 amide bonds. The van der Waals surface area contributed by atoms with E-state index >= 15 is 0 Å². The van der Waals surface area contributed by atoms with Crippen LogP contribution in [-0.2, 0) is 6.42 Å². The smallest absolute Gasteiger partial charge is 0.291 e. The summed E-state index contributed by atoms with van der Waals surface area (Å²) in [6, 6.07) is 10.3. The molecule has 4 heterocycles. The minimum Gasteiger partial charge on any atom is -0.459 e. The van der Waals surface area contributed by atoms with E-state index in [4.69, 9.17) is 4.42 Å². The van der Waals surface area contributed by atoms with Crippen molar-refractivity contribution >= 4 is 33.6 Å². The van der Waals surface area contributed by atoms with E-state index in [0.29, 0.717) is 5.76 Å². The van der Waals surface area contributed by atoms with E-state index in [-0.39, 0.29) is 11.9 Å². The highest BCUT2D eigenvalue weighted by Gasteiger charge is 2.29. The molecule has 1 unspecified atom stereocenters. The Morgan fingerprint density at radius 3 is 2.78 bits per heavy atom. The molecule has 0 bridgehead atoms. The molecule has 0 aromatic carbocycles. The minimum absolute atomic E-state index is 0.186. The summed E-state index contributed by atoms with van der Waals surface area (Å²) in [6.07, 6.45) is 6.27. The summed E-state index contributed by atoms with van der Waals surface area (Å²) in [5, 5.41) is 6.19. The molecule has 3 aromatic heterocycles. The molecule has 1 N–H and O–H groups in total. The van der Waals surface area contributed by atoms with Crippen molar-refractivity contribution in [3.8, 4) is 0 Å². The second-order valence-corrected chi connectivity index (χ2v) is 8.91. The van der Waals surface area contributed by atoms with Crippen LogP contribution in [0.25, 0.3) is 0 Å². The fourth-order valence-corrected chi connectivity index (χ4v) is 5.56. The standard InChI is InChI=1S/C21H24N2O2S2/c1-2-15-14-16(21(27-15)22-20(24)17-8-6-12-25-17)19(18-9-7-13-26-18)23-10-4-3-5-11-23/h6-9,12-14,19H,2-5,10-11H2,1H3,(H,22,24). The fraction of sp³-hybridized carbons (Fsp3) is 0.381. The first-order chi connectivity index (χ1) is 13.3. The molecule has 0 radical (unpaired) electrons. The SMILES string of the molecule is CCc1cc(C(c2cccs2)N2CCCCC2)c(NC(=O)c2ccco2)s1. The first-order valence-corrected chi connectivity index (χ1v) is 11.2. The maximum Gasteiger partial charge on any atom is 0.291 e. The van der Waals surface area contributed by atoms with Crippen LogP contribution in [0.2, 0.25) is 0 Å². The molecular formula is C21H24N2O2S2.